The molecule has 0 spiro atoms. The minimum atomic E-state index is 0.364. The number of benzene rings is 1. The van der Waals surface area contributed by atoms with Gasteiger partial charge in [0.05, 0.1) is 12.8 Å². The first-order valence-corrected chi connectivity index (χ1v) is 5.64. The fourth-order valence-electron chi connectivity index (χ4n) is 2.20. The highest BCUT2D eigenvalue weighted by molar-refractivity contribution is 5.77. The molecule has 2 aromatic rings. The van der Waals surface area contributed by atoms with Crippen molar-refractivity contribution in [2.45, 2.75) is 6.42 Å². The number of fused-ring (bicyclic) bond motifs is 2. The molecule has 1 aromatic carbocycles. The quantitative estimate of drug-likeness (QED) is 0.706. The Bertz CT molecular complexity index is 659. The molecule has 2 heterocycles. The number of hydrogen-bond donors (Lipinski definition) is 1. The van der Waals surface area contributed by atoms with Crippen molar-refractivity contribution in [2.75, 3.05) is 12.4 Å². The third-order valence-electron chi connectivity index (χ3n) is 3.09. The Morgan fingerprint density at radius 3 is 2.94 bits per heavy atom. The van der Waals surface area contributed by atoms with Gasteiger partial charge in [0.2, 0.25) is 5.88 Å². The number of nitriles is 1. The zero-order valence-electron chi connectivity index (χ0n) is 9.90. The summed E-state index contributed by atoms with van der Waals surface area (Å²) in [5.41, 5.74) is 4.54. The number of nitrogens with zero attached hydrogens (tertiary/aromatic N) is 2. The average Bonchev–Trinajstić information content (AvgIpc) is 2.43. The Morgan fingerprint density at radius 2 is 2.17 bits per heavy atom. The number of anilines is 2. The van der Waals surface area contributed by atoms with Crippen LogP contribution in [0.3, 0.4) is 0 Å². The lowest BCUT2D eigenvalue weighted by atomic mass is 9.97. The normalized spacial score (nSPS) is 11.8. The maximum Gasteiger partial charge on any atom is 0.233 e. The Kier molecular flexibility index (Phi) is 2.38. The monoisotopic (exact) mass is 237 g/mol. The third kappa shape index (κ3) is 1.49. The molecule has 4 nitrogen and oxygen atoms in total. The van der Waals surface area contributed by atoms with Crippen LogP contribution in [0.25, 0.3) is 0 Å². The predicted molar refractivity (Wildman–Crippen MR) is 68.0 cm³/mol. The summed E-state index contributed by atoms with van der Waals surface area (Å²) >= 11 is 0. The van der Waals surface area contributed by atoms with E-state index in [1.807, 2.05) is 18.2 Å². The molecule has 88 valence electrons. The van der Waals surface area contributed by atoms with E-state index in [-0.39, 0.29) is 0 Å². The first-order valence-electron chi connectivity index (χ1n) is 5.64. The molecule has 1 N–H and O–H groups in total. The molecular weight excluding hydrogens is 226 g/mol. The van der Waals surface area contributed by atoms with Crippen molar-refractivity contribution in [3.8, 4) is 11.9 Å². The lowest BCUT2D eigenvalue weighted by Crippen LogP contribution is -2.10. The van der Waals surface area contributed by atoms with Crippen LogP contribution in [-0.4, -0.2) is 12.1 Å². The molecule has 18 heavy (non-hydrogen) atoms. The van der Waals surface area contributed by atoms with Crippen molar-refractivity contribution < 1.29 is 4.74 Å². The van der Waals surface area contributed by atoms with Crippen LogP contribution in [0.5, 0.6) is 5.88 Å². The second kappa shape index (κ2) is 4.04. The minimum absolute atomic E-state index is 0.364. The number of nitrogens with one attached hydrogen (secondary N) is 1. The van der Waals surface area contributed by atoms with E-state index in [9.17, 15) is 5.26 Å². The predicted octanol–water partition coefficient (Wildman–Crippen LogP) is 2.61. The molecule has 3 rings (SSSR count). The highest BCUT2D eigenvalue weighted by Crippen LogP contribution is 2.36. The number of pyridine rings is 1. The summed E-state index contributed by atoms with van der Waals surface area (Å²) in [4.78, 5) is 4.17. The molecule has 1 aliphatic heterocycles. The van der Waals surface area contributed by atoms with Gasteiger partial charge in [-0.2, -0.15) is 5.26 Å². The molecule has 0 radical (unpaired) electrons. The van der Waals surface area contributed by atoms with Crippen LogP contribution in [0, 0.1) is 11.3 Å². The Hall–Kier alpha value is -2.54. The van der Waals surface area contributed by atoms with E-state index < -0.39 is 0 Å². The molecule has 0 fully saturated rings. The van der Waals surface area contributed by atoms with E-state index in [2.05, 4.69) is 22.4 Å². The van der Waals surface area contributed by atoms with Gasteiger partial charge in [-0.05, 0) is 11.6 Å². The molecule has 0 unspecified atom stereocenters. The van der Waals surface area contributed by atoms with Crippen molar-refractivity contribution >= 4 is 11.4 Å². The number of methoxy groups -OCH3 is 1. The summed E-state index contributed by atoms with van der Waals surface area (Å²) in [6.45, 7) is 0. The molecule has 0 atom stereocenters. The van der Waals surface area contributed by atoms with E-state index >= 15 is 0 Å². The van der Waals surface area contributed by atoms with Crippen molar-refractivity contribution in [2.24, 2.45) is 0 Å². The van der Waals surface area contributed by atoms with Crippen molar-refractivity contribution in [1.82, 2.24) is 4.98 Å². The molecule has 0 bridgehead atoms. The van der Waals surface area contributed by atoms with E-state index in [1.54, 1.807) is 6.20 Å². The maximum absolute atomic E-state index is 9.24. The molecule has 0 amide bonds. The fraction of sp³-hybridized carbons (Fsp3) is 0.143. The summed E-state index contributed by atoms with van der Waals surface area (Å²) in [7, 11) is 1.52. The highest BCUT2D eigenvalue weighted by atomic mass is 16.5. The fourth-order valence-corrected chi connectivity index (χ4v) is 2.20. The van der Waals surface area contributed by atoms with Gasteiger partial charge < -0.3 is 10.1 Å². The van der Waals surface area contributed by atoms with Gasteiger partial charge in [-0.15, -0.1) is 0 Å². The van der Waals surface area contributed by atoms with Crippen LogP contribution in [-0.2, 0) is 6.42 Å². The standard InChI is InChI=1S/C14H11N3O/c1-18-14-11(7-15)13-10(8-16-14)6-9-4-2-3-5-12(9)17-13/h2-5,8,17H,6H2,1H3. The molecule has 1 aliphatic rings. The summed E-state index contributed by atoms with van der Waals surface area (Å²) in [6.07, 6.45) is 2.54. The van der Waals surface area contributed by atoms with E-state index in [0.29, 0.717) is 11.4 Å². The smallest absolute Gasteiger partial charge is 0.233 e. The molecule has 0 saturated heterocycles. The van der Waals surface area contributed by atoms with Gasteiger partial charge in [-0.25, -0.2) is 4.98 Å². The lowest BCUT2D eigenvalue weighted by Gasteiger charge is -2.22. The van der Waals surface area contributed by atoms with Gasteiger partial charge in [-0.3, -0.25) is 0 Å². The van der Waals surface area contributed by atoms with Crippen LogP contribution >= 0.6 is 0 Å². The summed E-state index contributed by atoms with van der Waals surface area (Å²) in [5, 5.41) is 12.5. The van der Waals surface area contributed by atoms with Crippen LogP contribution in [0.1, 0.15) is 16.7 Å². The Morgan fingerprint density at radius 1 is 1.33 bits per heavy atom. The number of rotatable bonds is 1. The van der Waals surface area contributed by atoms with Gasteiger partial charge in [0.1, 0.15) is 11.6 Å². The van der Waals surface area contributed by atoms with Gasteiger partial charge in [0.15, 0.2) is 0 Å². The number of ether oxygens (including phenoxy) is 1. The number of aromatic nitrogens is 1. The Labute approximate surface area is 105 Å². The van der Waals surface area contributed by atoms with Gasteiger partial charge in [-0.1, -0.05) is 18.2 Å². The van der Waals surface area contributed by atoms with Crippen molar-refractivity contribution in [3.05, 3.63) is 47.2 Å². The Balaban J connectivity index is 2.16. The number of para-hydroxylation sites is 1. The van der Waals surface area contributed by atoms with Gasteiger partial charge >= 0.3 is 0 Å². The molecule has 1 aromatic heterocycles. The summed E-state index contributed by atoms with van der Waals surface area (Å²) < 4.78 is 5.12. The van der Waals surface area contributed by atoms with Gasteiger partial charge in [0.25, 0.3) is 0 Å². The SMILES string of the molecule is COc1ncc2c(c1C#N)Nc1ccccc1C2. The molecule has 0 saturated carbocycles. The average molecular weight is 237 g/mol. The number of hydrogen-bond acceptors (Lipinski definition) is 4. The highest BCUT2D eigenvalue weighted by Gasteiger charge is 2.20. The van der Waals surface area contributed by atoms with Crippen LogP contribution in [0.15, 0.2) is 30.5 Å². The topological polar surface area (TPSA) is 57.9 Å². The lowest BCUT2D eigenvalue weighted by molar-refractivity contribution is 0.396. The van der Waals surface area contributed by atoms with Crippen LogP contribution in [0.2, 0.25) is 0 Å². The van der Waals surface area contributed by atoms with Gasteiger partial charge in [0, 0.05) is 23.9 Å². The zero-order valence-corrected chi connectivity index (χ0v) is 9.90. The largest absolute Gasteiger partial charge is 0.480 e. The van der Waals surface area contributed by atoms with Crippen LogP contribution < -0.4 is 10.1 Å². The zero-order chi connectivity index (χ0) is 12.5. The second-order valence-electron chi connectivity index (χ2n) is 4.11. The minimum Gasteiger partial charge on any atom is -0.480 e. The van der Waals surface area contributed by atoms with E-state index in [4.69, 9.17) is 4.74 Å². The van der Waals surface area contributed by atoms with Crippen LogP contribution in [0.4, 0.5) is 11.4 Å². The summed E-state index contributed by atoms with van der Waals surface area (Å²) in [5.74, 6) is 0.364. The molecular formula is C14H11N3O. The van der Waals surface area contributed by atoms with Crippen molar-refractivity contribution in [1.29, 1.82) is 5.26 Å². The first-order chi connectivity index (χ1) is 8.83. The molecule has 0 aliphatic carbocycles. The maximum atomic E-state index is 9.24. The molecule has 4 heteroatoms. The first kappa shape index (κ1) is 10.6. The van der Waals surface area contributed by atoms with Crippen molar-refractivity contribution in [3.63, 3.8) is 0 Å². The second-order valence-corrected chi connectivity index (χ2v) is 4.11. The van der Waals surface area contributed by atoms with E-state index in [1.165, 1.54) is 12.7 Å². The third-order valence-corrected chi connectivity index (χ3v) is 3.09. The van der Waals surface area contributed by atoms with E-state index in [0.717, 1.165) is 23.4 Å². The summed E-state index contributed by atoms with van der Waals surface area (Å²) in [6, 6.07) is 10.2.